The number of ether oxygens (including phenoxy) is 1. The van der Waals surface area contributed by atoms with Gasteiger partial charge >= 0.3 is 0 Å². The lowest BCUT2D eigenvalue weighted by atomic mass is 9.77. The molecule has 1 heteroatoms. The van der Waals surface area contributed by atoms with Crippen LogP contribution < -0.4 is 0 Å². The first-order chi connectivity index (χ1) is 13.8. The maximum atomic E-state index is 5.63. The van der Waals surface area contributed by atoms with Gasteiger partial charge in [0, 0.05) is 0 Å². The van der Waals surface area contributed by atoms with Gasteiger partial charge in [-0.3, -0.25) is 0 Å². The fraction of sp³-hybridized carbons (Fsp3) is 0.407. The van der Waals surface area contributed by atoms with E-state index < -0.39 is 0 Å². The van der Waals surface area contributed by atoms with Gasteiger partial charge in [-0.1, -0.05) is 72.8 Å². The van der Waals surface area contributed by atoms with E-state index >= 15 is 0 Å². The second kappa shape index (κ2) is 11.0. The average Bonchev–Trinajstić information content (AvgIpc) is 2.76. The lowest BCUT2D eigenvalue weighted by molar-refractivity contribution is 0.148. The molecule has 0 aromatic heterocycles. The second-order valence-electron chi connectivity index (χ2n) is 7.93. The molecule has 1 aliphatic rings. The summed E-state index contributed by atoms with van der Waals surface area (Å²) in [5.41, 5.74) is 5.31. The van der Waals surface area contributed by atoms with Crippen LogP contribution in [0.4, 0.5) is 0 Å². The van der Waals surface area contributed by atoms with E-state index in [1.54, 1.807) is 0 Å². The zero-order valence-corrected chi connectivity index (χ0v) is 17.4. The topological polar surface area (TPSA) is 9.23 Å². The molecule has 0 heterocycles. The number of hydrogen-bond donors (Lipinski definition) is 0. The molecular formula is C27H34O. The summed E-state index contributed by atoms with van der Waals surface area (Å²) in [4.78, 5) is 0. The second-order valence-corrected chi connectivity index (χ2v) is 7.93. The van der Waals surface area contributed by atoms with Gasteiger partial charge < -0.3 is 4.74 Å². The highest BCUT2D eigenvalue weighted by Crippen LogP contribution is 2.37. The molecule has 0 N–H and O–H groups in total. The molecule has 1 nitrogen and oxygen atoms in total. The van der Waals surface area contributed by atoms with Gasteiger partial charge in [-0.2, -0.15) is 0 Å². The van der Waals surface area contributed by atoms with E-state index in [2.05, 4.69) is 67.6 Å². The normalized spacial score (nSPS) is 20.2. The molecule has 3 rings (SSSR count). The minimum absolute atomic E-state index is 0.667. The van der Waals surface area contributed by atoms with Crippen LogP contribution in [0.15, 0.2) is 72.8 Å². The molecule has 1 aliphatic carbocycles. The summed E-state index contributed by atoms with van der Waals surface area (Å²) in [5.74, 6) is 1.64. The monoisotopic (exact) mass is 374 g/mol. The summed E-state index contributed by atoms with van der Waals surface area (Å²) in [7, 11) is 0. The predicted molar refractivity (Wildman–Crippen MR) is 120 cm³/mol. The van der Waals surface area contributed by atoms with Gasteiger partial charge in [0.25, 0.3) is 0 Å². The van der Waals surface area contributed by atoms with Crippen molar-refractivity contribution in [1.29, 1.82) is 0 Å². The van der Waals surface area contributed by atoms with E-state index in [1.165, 1.54) is 54.4 Å². The first kappa shape index (κ1) is 20.6. The summed E-state index contributed by atoms with van der Waals surface area (Å²) in [6.45, 7) is 5.48. The summed E-state index contributed by atoms with van der Waals surface area (Å²) in [6, 6.07) is 18.0. The van der Waals surface area contributed by atoms with Crippen molar-refractivity contribution in [3.8, 4) is 11.1 Å². The minimum Gasteiger partial charge on any atom is -0.373 e. The molecule has 0 unspecified atom stereocenters. The Kier molecular flexibility index (Phi) is 8.11. The molecule has 0 atom stereocenters. The van der Waals surface area contributed by atoms with Crippen LogP contribution in [-0.4, -0.2) is 6.61 Å². The smallest absolute Gasteiger partial charge is 0.0721 e. The lowest BCUT2D eigenvalue weighted by Crippen LogP contribution is -2.12. The molecule has 0 amide bonds. The first-order valence-corrected chi connectivity index (χ1v) is 10.8. The summed E-state index contributed by atoms with van der Waals surface area (Å²) >= 11 is 0. The van der Waals surface area contributed by atoms with E-state index in [1.807, 2.05) is 19.1 Å². The molecule has 1 saturated carbocycles. The van der Waals surface area contributed by atoms with Crippen molar-refractivity contribution in [2.24, 2.45) is 5.92 Å². The summed E-state index contributed by atoms with van der Waals surface area (Å²) < 4.78 is 5.63. The van der Waals surface area contributed by atoms with Crippen molar-refractivity contribution in [2.75, 3.05) is 6.61 Å². The van der Waals surface area contributed by atoms with E-state index in [9.17, 15) is 0 Å². The zero-order valence-electron chi connectivity index (χ0n) is 17.4. The van der Waals surface area contributed by atoms with Crippen LogP contribution in [0.5, 0.6) is 0 Å². The van der Waals surface area contributed by atoms with Crippen molar-refractivity contribution in [3.05, 3.63) is 84.0 Å². The Morgan fingerprint density at radius 3 is 2.00 bits per heavy atom. The molecule has 0 spiro atoms. The molecule has 0 aliphatic heterocycles. The Hall–Kier alpha value is -2.12. The molecule has 0 radical (unpaired) electrons. The van der Waals surface area contributed by atoms with E-state index in [-0.39, 0.29) is 0 Å². The SMILES string of the molecule is CC=CCOCc1ccc(-c2ccc([C@H]3CC[C@H](CC=CC)CC3)cc2)cc1. The van der Waals surface area contributed by atoms with Crippen LogP contribution in [0.2, 0.25) is 0 Å². The Labute approximate surface area is 171 Å². The van der Waals surface area contributed by atoms with Gasteiger partial charge in [0.2, 0.25) is 0 Å². The highest BCUT2D eigenvalue weighted by molar-refractivity contribution is 5.64. The van der Waals surface area contributed by atoms with E-state index in [0.717, 1.165) is 11.8 Å². The van der Waals surface area contributed by atoms with Crippen molar-refractivity contribution in [2.45, 2.75) is 58.5 Å². The fourth-order valence-corrected chi connectivity index (χ4v) is 4.14. The Balaban J connectivity index is 1.54. The van der Waals surface area contributed by atoms with E-state index in [4.69, 9.17) is 4.74 Å². The third-order valence-corrected chi connectivity index (χ3v) is 5.94. The van der Waals surface area contributed by atoms with Crippen LogP contribution in [0.3, 0.4) is 0 Å². The van der Waals surface area contributed by atoms with Crippen LogP contribution in [-0.2, 0) is 11.3 Å². The number of benzene rings is 2. The third-order valence-electron chi connectivity index (χ3n) is 5.94. The Bertz CT molecular complexity index is 744. The molecule has 28 heavy (non-hydrogen) atoms. The third kappa shape index (κ3) is 5.94. The number of rotatable bonds is 8. The predicted octanol–water partition coefficient (Wildman–Crippen LogP) is 7.69. The van der Waals surface area contributed by atoms with Gasteiger partial charge in [0.15, 0.2) is 0 Å². The Morgan fingerprint density at radius 1 is 0.786 bits per heavy atom. The average molecular weight is 375 g/mol. The van der Waals surface area contributed by atoms with Crippen molar-refractivity contribution in [3.63, 3.8) is 0 Å². The highest BCUT2D eigenvalue weighted by atomic mass is 16.5. The molecule has 2 aromatic rings. The van der Waals surface area contributed by atoms with Gasteiger partial charge in [0.1, 0.15) is 0 Å². The number of allylic oxidation sites excluding steroid dienone is 3. The van der Waals surface area contributed by atoms with Gasteiger partial charge in [0.05, 0.1) is 13.2 Å². The van der Waals surface area contributed by atoms with Crippen molar-refractivity contribution >= 4 is 0 Å². The molecule has 0 saturated heterocycles. The maximum Gasteiger partial charge on any atom is 0.0721 e. The van der Waals surface area contributed by atoms with Crippen molar-refractivity contribution < 1.29 is 4.74 Å². The van der Waals surface area contributed by atoms with Gasteiger partial charge in [-0.15, -0.1) is 0 Å². The van der Waals surface area contributed by atoms with Crippen LogP contribution >= 0.6 is 0 Å². The zero-order chi connectivity index (χ0) is 19.6. The largest absolute Gasteiger partial charge is 0.373 e. The molecule has 148 valence electrons. The number of hydrogen-bond acceptors (Lipinski definition) is 1. The first-order valence-electron chi connectivity index (χ1n) is 10.8. The molecule has 0 bridgehead atoms. The summed E-state index contributed by atoms with van der Waals surface area (Å²) in [5, 5.41) is 0. The summed E-state index contributed by atoms with van der Waals surface area (Å²) in [6.07, 6.45) is 15.2. The molecule has 1 fully saturated rings. The van der Waals surface area contributed by atoms with Crippen LogP contribution in [0.1, 0.15) is 63.0 Å². The van der Waals surface area contributed by atoms with E-state index in [0.29, 0.717) is 13.2 Å². The van der Waals surface area contributed by atoms with Crippen molar-refractivity contribution in [1.82, 2.24) is 0 Å². The lowest BCUT2D eigenvalue weighted by Gasteiger charge is -2.28. The standard InChI is InChI=1S/C27H34O/c1-3-5-7-22-8-12-24(13-9-22)26-16-18-27(19-17-26)25-14-10-23(11-15-25)21-28-20-6-4-2/h3-6,10-11,14-19,22,24H,7-9,12-13,20-21H2,1-2H3/t22-,24-. The minimum atomic E-state index is 0.667. The van der Waals surface area contributed by atoms with Gasteiger partial charge in [-0.25, -0.2) is 0 Å². The van der Waals surface area contributed by atoms with Crippen LogP contribution in [0.25, 0.3) is 11.1 Å². The Morgan fingerprint density at radius 2 is 1.39 bits per heavy atom. The maximum absolute atomic E-state index is 5.63. The van der Waals surface area contributed by atoms with Gasteiger partial charge in [-0.05, 0) is 80.0 Å². The van der Waals surface area contributed by atoms with Crippen LogP contribution in [0, 0.1) is 5.92 Å². The molecule has 2 aromatic carbocycles. The molecular weight excluding hydrogens is 340 g/mol. The highest BCUT2D eigenvalue weighted by Gasteiger charge is 2.21. The quantitative estimate of drug-likeness (QED) is 0.340. The fourth-order valence-electron chi connectivity index (χ4n) is 4.14.